The fourth-order valence-corrected chi connectivity index (χ4v) is 1.61. The lowest BCUT2D eigenvalue weighted by Gasteiger charge is -1.99. The molecule has 0 radical (unpaired) electrons. The number of aryl methyl sites for hydroxylation is 1. The van der Waals surface area contributed by atoms with Crippen LogP contribution in [0.1, 0.15) is 11.1 Å². The smallest absolute Gasteiger partial charge is 0.0694 e. The van der Waals surface area contributed by atoms with Gasteiger partial charge < -0.3 is 0 Å². The molecule has 0 amide bonds. The van der Waals surface area contributed by atoms with E-state index in [-0.39, 0.29) is 0 Å². The zero-order valence-electron chi connectivity index (χ0n) is 6.76. The molecule has 0 unspecified atom stereocenters. The predicted molar refractivity (Wildman–Crippen MR) is 50.4 cm³/mol. The van der Waals surface area contributed by atoms with Gasteiger partial charge in [0, 0.05) is 11.3 Å². The van der Waals surface area contributed by atoms with E-state index in [4.69, 9.17) is 11.6 Å². The zero-order valence-corrected chi connectivity index (χ0v) is 7.52. The summed E-state index contributed by atoms with van der Waals surface area (Å²) in [6.45, 7) is 2.06. The number of nitrogens with zero attached hydrogens (tertiary/aromatic N) is 1. The molecule has 0 spiro atoms. The van der Waals surface area contributed by atoms with Crippen molar-refractivity contribution in [3.8, 4) is 0 Å². The van der Waals surface area contributed by atoms with E-state index >= 15 is 0 Å². The van der Waals surface area contributed by atoms with E-state index in [9.17, 15) is 0 Å². The molecule has 0 atom stereocenters. The van der Waals surface area contributed by atoms with Crippen molar-refractivity contribution >= 4 is 22.5 Å². The van der Waals surface area contributed by atoms with E-state index in [1.807, 2.05) is 6.20 Å². The van der Waals surface area contributed by atoms with Crippen molar-refractivity contribution in [1.82, 2.24) is 10.2 Å². The zero-order chi connectivity index (χ0) is 8.55. The summed E-state index contributed by atoms with van der Waals surface area (Å²) in [5, 5.41) is 8.03. The molecule has 0 saturated carbocycles. The van der Waals surface area contributed by atoms with E-state index in [1.54, 1.807) is 0 Å². The topological polar surface area (TPSA) is 28.7 Å². The molecule has 0 saturated heterocycles. The number of rotatable bonds is 1. The first-order valence-electron chi connectivity index (χ1n) is 3.80. The Kier molecular flexibility index (Phi) is 1.77. The fourth-order valence-electron chi connectivity index (χ4n) is 1.40. The molecule has 62 valence electrons. The Hall–Kier alpha value is -1.02. The van der Waals surface area contributed by atoms with Gasteiger partial charge in [0.2, 0.25) is 0 Å². The van der Waals surface area contributed by atoms with Crippen LogP contribution in [-0.2, 0) is 5.88 Å². The highest BCUT2D eigenvalue weighted by atomic mass is 35.5. The molecule has 1 aromatic carbocycles. The van der Waals surface area contributed by atoms with Crippen molar-refractivity contribution in [2.24, 2.45) is 0 Å². The van der Waals surface area contributed by atoms with Gasteiger partial charge in [-0.3, -0.25) is 5.10 Å². The Bertz CT molecular complexity index is 406. The molecule has 0 fully saturated rings. The van der Waals surface area contributed by atoms with E-state index in [0.29, 0.717) is 5.88 Å². The summed E-state index contributed by atoms with van der Waals surface area (Å²) in [6, 6.07) is 4.17. The van der Waals surface area contributed by atoms with Crippen molar-refractivity contribution in [1.29, 1.82) is 0 Å². The highest BCUT2D eigenvalue weighted by Gasteiger charge is 2.02. The Morgan fingerprint density at radius 3 is 3.08 bits per heavy atom. The van der Waals surface area contributed by atoms with Gasteiger partial charge in [-0.15, -0.1) is 11.6 Å². The molecule has 0 aliphatic heterocycles. The Balaban J connectivity index is 2.80. The Morgan fingerprint density at radius 1 is 1.50 bits per heavy atom. The Morgan fingerprint density at radius 2 is 2.33 bits per heavy atom. The van der Waals surface area contributed by atoms with Crippen LogP contribution in [0.4, 0.5) is 0 Å². The second-order valence-electron chi connectivity index (χ2n) is 2.89. The molecule has 2 nitrogen and oxygen atoms in total. The van der Waals surface area contributed by atoms with Crippen molar-refractivity contribution in [3.05, 3.63) is 29.5 Å². The molecule has 0 aliphatic carbocycles. The highest BCUT2D eigenvalue weighted by Crippen LogP contribution is 2.19. The maximum absolute atomic E-state index is 5.79. The van der Waals surface area contributed by atoms with Crippen molar-refractivity contribution in [2.75, 3.05) is 0 Å². The number of nitrogens with one attached hydrogen (secondary N) is 1. The van der Waals surface area contributed by atoms with Gasteiger partial charge in [-0.2, -0.15) is 5.10 Å². The van der Waals surface area contributed by atoms with Gasteiger partial charge in [0.15, 0.2) is 0 Å². The average Bonchev–Trinajstić information content (AvgIpc) is 2.50. The molecule has 1 N–H and O–H groups in total. The molecule has 3 heteroatoms. The maximum atomic E-state index is 5.79. The van der Waals surface area contributed by atoms with Gasteiger partial charge in [0.05, 0.1) is 11.7 Å². The third kappa shape index (κ3) is 1.08. The van der Waals surface area contributed by atoms with E-state index in [0.717, 1.165) is 16.5 Å². The van der Waals surface area contributed by atoms with Crippen molar-refractivity contribution in [2.45, 2.75) is 12.8 Å². The van der Waals surface area contributed by atoms with Crippen LogP contribution < -0.4 is 0 Å². The summed E-state index contributed by atoms with van der Waals surface area (Å²) in [5.74, 6) is 0.528. The number of alkyl halides is 1. The van der Waals surface area contributed by atoms with Gasteiger partial charge in [-0.05, 0) is 18.6 Å². The quantitative estimate of drug-likeness (QED) is 0.672. The molecule has 1 heterocycles. The summed E-state index contributed by atoms with van der Waals surface area (Å²) in [4.78, 5) is 0. The SMILES string of the molecule is Cc1cc(CCl)c2[nH]ncc2c1. The Labute approximate surface area is 75.5 Å². The molecule has 0 aliphatic rings. The van der Waals surface area contributed by atoms with Gasteiger partial charge in [-0.25, -0.2) is 0 Å². The molecule has 2 rings (SSSR count). The van der Waals surface area contributed by atoms with E-state index < -0.39 is 0 Å². The number of fused-ring (bicyclic) bond motifs is 1. The summed E-state index contributed by atoms with van der Waals surface area (Å²) in [5.41, 5.74) is 3.39. The minimum absolute atomic E-state index is 0.528. The van der Waals surface area contributed by atoms with E-state index in [2.05, 4.69) is 29.3 Å². The molecule has 1 aromatic heterocycles. The summed E-state index contributed by atoms with van der Waals surface area (Å²) < 4.78 is 0. The van der Waals surface area contributed by atoms with Crippen LogP contribution in [0.2, 0.25) is 0 Å². The van der Waals surface area contributed by atoms with Crippen molar-refractivity contribution < 1.29 is 0 Å². The minimum Gasteiger partial charge on any atom is -0.278 e. The molecule has 2 aromatic rings. The second kappa shape index (κ2) is 2.79. The van der Waals surface area contributed by atoms with Crippen LogP contribution in [0.15, 0.2) is 18.3 Å². The summed E-state index contributed by atoms with van der Waals surface area (Å²) >= 11 is 5.79. The van der Waals surface area contributed by atoms with Crippen LogP contribution >= 0.6 is 11.6 Å². The van der Waals surface area contributed by atoms with Gasteiger partial charge >= 0.3 is 0 Å². The largest absolute Gasteiger partial charge is 0.278 e. The molecule has 0 bridgehead atoms. The fraction of sp³-hybridized carbons (Fsp3) is 0.222. The number of halogens is 1. The molecular formula is C9H9ClN2. The first-order valence-corrected chi connectivity index (χ1v) is 4.33. The van der Waals surface area contributed by atoms with Crippen LogP contribution in [0.25, 0.3) is 10.9 Å². The predicted octanol–water partition coefficient (Wildman–Crippen LogP) is 2.61. The number of hydrogen-bond donors (Lipinski definition) is 1. The summed E-state index contributed by atoms with van der Waals surface area (Å²) in [7, 11) is 0. The normalized spacial score (nSPS) is 10.8. The first kappa shape index (κ1) is 7.62. The van der Waals surface area contributed by atoms with Crippen LogP contribution in [-0.4, -0.2) is 10.2 Å². The lowest BCUT2D eigenvalue weighted by molar-refractivity contribution is 1.11. The highest BCUT2D eigenvalue weighted by molar-refractivity contribution is 6.17. The number of H-pyrrole nitrogens is 1. The van der Waals surface area contributed by atoms with E-state index in [1.165, 1.54) is 5.56 Å². The van der Waals surface area contributed by atoms with Crippen LogP contribution in [0.3, 0.4) is 0 Å². The van der Waals surface area contributed by atoms with Gasteiger partial charge in [0.25, 0.3) is 0 Å². The second-order valence-corrected chi connectivity index (χ2v) is 3.16. The maximum Gasteiger partial charge on any atom is 0.0694 e. The van der Waals surface area contributed by atoms with Crippen LogP contribution in [0, 0.1) is 6.92 Å². The standard InChI is InChI=1S/C9H9ClN2/c1-6-2-7(4-10)9-8(3-6)5-11-12-9/h2-3,5H,4H2,1H3,(H,11,12). The molecular weight excluding hydrogens is 172 g/mol. The number of aromatic nitrogens is 2. The minimum atomic E-state index is 0.528. The van der Waals surface area contributed by atoms with Crippen molar-refractivity contribution in [3.63, 3.8) is 0 Å². The summed E-state index contributed by atoms with van der Waals surface area (Å²) in [6.07, 6.45) is 1.82. The lowest BCUT2D eigenvalue weighted by Crippen LogP contribution is -1.83. The first-order chi connectivity index (χ1) is 5.81. The number of hydrogen-bond acceptors (Lipinski definition) is 1. The lowest BCUT2D eigenvalue weighted by atomic mass is 10.1. The van der Waals surface area contributed by atoms with Crippen LogP contribution in [0.5, 0.6) is 0 Å². The third-order valence-corrected chi connectivity index (χ3v) is 2.21. The van der Waals surface area contributed by atoms with Gasteiger partial charge in [-0.1, -0.05) is 11.6 Å². The third-order valence-electron chi connectivity index (χ3n) is 1.92. The monoisotopic (exact) mass is 180 g/mol. The van der Waals surface area contributed by atoms with Gasteiger partial charge in [0.1, 0.15) is 0 Å². The average molecular weight is 181 g/mol. The number of benzene rings is 1. The number of aromatic amines is 1. The molecule has 12 heavy (non-hydrogen) atoms.